The van der Waals surface area contributed by atoms with Gasteiger partial charge in [0, 0.05) is 17.2 Å². The molecule has 16 heavy (non-hydrogen) atoms. The molecule has 0 saturated heterocycles. The zero-order valence-electron chi connectivity index (χ0n) is 8.89. The summed E-state index contributed by atoms with van der Waals surface area (Å²) in [6.45, 7) is 2.54. The highest BCUT2D eigenvalue weighted by Crippen LogP contribution is 2.10. The van der Waals surface area contributed by atoms with Gasteiger partial charge < -0.3 is 10.4 Å². The highest BCUT2D eigenvalue weighted by molar-refractivity contribution is 7.99. The van der Waals surface area contributed by atoms with Gasteiger partial charge in [-0.3, -0.25) is 4.79 Å². The Morgan fingerprint density at radius 1 is 1.69 bits per heavy atom. The Labute approximate surface area is 101 Å². The SMILES string of the molecule is CSC(C)CNC(=O)c1nc(C(=O)O)cs1. The lowest BCUT2D eigenvalue weighted by molar-refractivity contribution is 0.0691. The highest BCUT2D eigenvalue weighted by Gasteiger charge is 2.14. The van der Waals surface area contributed by atoms with E-state index in [1.54, 1.807) is 11.8 Å². The highest BCUT2D eigenvalue weighted by atomic mass is 32.2. The molecular formula is C9H12N2O3S2. The van der Waals surface area contributed by atoms with Gasteiger partial charge in [-0.25, -0.2) is 9.78 Å². The first kappa shape index (κ1) is 13.0. The molecule has 1 amide bonds. The van der Waals surface area contributed by atoms with Crippen LogP contribution in [0.25, 0.3) is 0 Å². The van der Waals surface area contributed by atoms with Gasteiger partial charge >= 0.3 is 5.97 Å². The lowest BCUT2D eigenvalue weighted by Gasteiger charge is -2.07. The van der Waals surface area contributed by atoms with E-state index in [1.807, 2.05) is 13.2 Å². The second kappa shape index (κ2) is 5.86. The first-order valence-corrected chi connectivity index (χ1v) is 6.71. The van der Waals surface area contributed by atoms with Gasteiger partial charge in [0.15, 0.2) is 10.7 Å². The number of aromatic carboxylic acids is 1. The van der Waals surface area contributed by atoms with Gasteiger partial charge in [-0.05, 0) is 6.26 Å². The molecule has 0 bridgehead atoms. The number of hydrogen-bond donors (Lipinski definition) is 2. The third-order valence-corrected chi connectivity index (χ3v) is 3.68. The second-order valence-corrected chi connectivity index (χ2v) is 5.23. The second-order valence-electron chi connectivity index (χ2n) is 3.10. The maximum atomic E-state index is 11.5. The fourth-order valence-electron chi connectivity index (χ4n) is 0.872. The van der Waals surface area contributed by atoms with Gasteiger partial charge in [-0.15, -0.1) is 11.3 Å². The van der Waals surface area contributed by atoms with E-state index >= 15 is 0 Å². The summed E-state index contributed by atoms with van der Waals surface area (Å²) < 4.78 is 0. The van der Waals surface area contributed by atoms with E-state index in [0.29, 0.717) is 11.8 Å². The van der Waals surface area contributed by atoms with E-state index in [4.69, 9.17) is 5.11 Å². The van der Waals surface area contributed by atoms with Crippen LogP contribution in [0.5, 0.6) is 0 Å². The number of carboxylic acid groups (broad SMARTS) is 1. The Kier molecular flexibility index (Phi) is 4.75. The fraction of sp³-hybridized carbons (Fsp3) is 0.444. The summed E-state index contributed by atoms with van der Waals surface area (Å²) in [5.41, 5.74) is -0.0898. The van der Waals surface area contributed by atoms with Crippen LogP contribution >= 0.6 is 23.1 Å². The van der Waals surface area contributed by atoms with Crippen LogP contribution in [0.3, 0.4) is 0 Å². The molecule has 0 radical (unpaired) electrons. The third-order valence-electron chi connectivity index (χ3n) is 1.87. The van der Waals surface area contributed by atoms with Crippen molar-refractivity contribution in [3.05, 3.63) is 16.1 Å². The molecular weight excluding hydrogens is 248 g/mol. The van der Waals surface area contributed by atoms with Crippen molar-refractivity contribution >= 4 is 35.0 Å². The molecule has 5 nitrogen and oxygen atoms in total. The fourth-order valence-corrected chi connectivity index (χ4v) is 1.83. The topological polar surface area (TPSA) is 79.3 Å². The summed E-state index contributed by atoms with van der Waals surface area (Å²) in [4.78, 5) is 25.8. The van der Waals surface area contributed by atoms with Crippen molar-refractivity contribution in [3.63, 3.8) is 0 Å². The number of hydrogen-bond acceptors (Lipinski definition) is 5. The average Bonchev–Trinajstić information content (AvgIpc) is 2.74. The molecule has 2 N–H and O–H groups in total. The number of amides is 1. The first-order chi connectivity index (χ1) is 7.54. The molecule has 88 valence electrons. The van der Waals surface area contributed by atoms with E-state index in [0.717, 1.165) is 11.3 Å². The van der Waals surface area contributed by atoms with Crippen molar-refractivity contribution in [1.29, 1.82) is 0 Å². The molecule has 1 aromatic heterocycles. The number of aromatic nitrogens is 1. The predicted molar refractivity (Wildman–Crippen MR) is 64.4 cm³/mol. The molecule has 1 aromatic rings. The van der Waals surface area contributed by atoms with Crippen LogP contribution in [-0.4, -0.2) is 40.0 Å². The van der Waals surface area contributed by atoms with Crippen LogP contribution < -0.4 is 5.32 Å². The number of thiazole rings is 1. The quantitative estimate of drug-likeness (QED) is 0.834. The number of nitrogens with one attached hydrogen (secondary N) is 1. The molecule has 0 aliphatic carbocycles. The Balaban J connectivity index is 2.56. The molecule has 0 saturated carbocycles. The normalized spacial score (nSPS) is 12.1. The summed E-state index contributed by atoms with van der Waals surface area (Å²) in [5, 5.41) is 13.2. The van der Waals surface area contributed by atoms with Crippen molar-refractivity contribution in [2.75, 3.05) is 12.8 Å². The lowest BCUT2D eigenvalue weighted by atomic mass is 10.4. The summed E-state index contributed by atoms with van der Waals surface area (Å²) in [6, 6.07) is 0. The summed E-state index contributed by atoms with van der Waals surface area (Å²) in [7, 11) is 0. The van der Waals surface area contributed by atoms with Crippen molar-refractivity contribution < 1.29 is 14.7 Å². The molecule has 0 aliphatic heterocycles. The van der Waals surface area contributed by atoms with Crippen LogP contribution in [0.4, 0.5) is 0 Å². The molecule has 0 spiro atoms. The first-order valence-electron chi connectivity index (χ1n) is 4.54. The van der Waals surface area contributed by atoms with Crippen LogP contribution in [-0.2, 0) is 0 Å². The summed E-state index contributed by atoms with van der Waals surface area (Å²) >= 11 is 2.68. The number of nitrogens with zero attached hydrogens (tertiary/aromatic N) is 1. The Morgan fingerprint density at radius 2 is 2.38 bits per heavy atom. The van der Waals surface area contributed by atoms with Crippen LogP contribution in [0.1, 0.15) is 27.2 Å². The third kappa shape index (κ3) is 3.49. The van der Waals surface area contributed by atoms with E-state index in [9.17, 15) is 9.59 Å². The molecule has 1 rings (SSSR count). The van der Waals surface area contributed by atoms with E-state index in [2.05, 4.69) is 10.3 Å². The standard InChI is InChI=1S/C9H12N2O3S2/c1-5(15-2)3-10-7(12)8-11-6(4-16-8)9(13)14/h4-5H,3H2,1-2H3,(H,10,12)(H,13,14). The summed E-state index contributed by atoms with van der Waals surface area (Å²) in [6.07, 6.45) is 1.96. The van der Waals surface area contributed by atoms with Gasteiger partial charge in [0.2, 0.25) is 0 Å². The molecule has 0 aromatic carbocycles. The van der Waals surface area contributed by atoms with Crippen molar-refractivity contribution in [2.45, 2.75) is 12.2 Å². The predicted octanol–water partition coefficient (Wildman–Crippen LogP) is 1.32. The van der Waals surface area contributed by atoms with E-state index < -0.39 is 5.97 Å². The van der Waals surface area contributed by atoms with Gasteiger partial charge in [0.1, 0.15) is 0 Å². The smallest absolute Gasteiger partial charge is 0.355 e. The zero-order valence-corrected chi connectivity index (χ0v) is 10.5. The largest absolute Gasteiger partial charge is 0.476 e. The molecule has 0 fully saturated rings. The Bertz CT molecular complexity index is 392. The lowest BCUT2D eigenvalue weighted by Crippen LogP contribution is -2.29. The zero-order chi connectivity index (χ0) is 12.1. The molecule has 1 unspecified atom stereocenters. The Morgan fingerprint density at radius 3 is 2.88 bits per heavy atom. The van der Waals surface area contributed by atoms with E-state index in [-0.39, 0.29) is 16.6 Å². The molecule has 1 atom stereocenters. The van der Waals surface area contributed by atoms with Crippen molar-refractivity contribution in [1.82, 2.24) is 10.3 Å². The number of rotatable bonds is 5. The number of carbonyl (C=O) groups excluding carboxylic acids is 1. The number of carbonyl (C=O) groups is 2. The minimum absolute atomic E-state index is 0.0898. The molecule has 7 heteroatoms. The number of carboxylic acids is 1. The minimum atomic E-state index is -1.12. The van der Waals surface area contributed by atoms with Crippen molar-refractivity contribution in [2.24, 2.45) is 0 Å². The Hall–Kier alpha value is -1.08. The number of thioether (sulfide) groups is 1. The molecule has 1 heterocycles. The van der Waals surface area contributed by atoms with Gasteiger partial charge in [-0.1, -0.05) is 6.92 Å². The van der Waals surface area contributed by atoms with Gasteiger partial charge in [0.05, 0.1) is 0 Å². The average molecular weight is 260 g/mol. The molecule has 0 aliphatic rings. The maximum absolute atomic E-state index is 11.5. The van der Waals surface area contributed by atoms with Crippen LogP contribution in [0, 0.1) is 0 Å². The minimum Gasteiger partial charge on any atom is -0.476 e. The summed E-state index contributed by atoms with van der Waals surface area (Å²) in [5.74, 6) is -1.44. The van der Waals surface area contributed by atoms with Crippen LogP contribution in [0.2, 0.25) is 0 Å². The van der Waals surface area contributed by atoms with Gasteiger partial charge in [0.25, 0.3) is 5.91 Å². The maximum Gasteiger partial charge on any atom is 0.355 e. The van der Waals surface area contributed by atoms with Crippen molar-refractivity contribution in [3.8, 4) is 0 Å². The van der Waals surface area contributed by atoms with Crippen LogP contribution in [0.15, 0.2) is 5.38 Å². The monoisotopic (exact) mass is 260 g/mol. The van der Waals surface area contributed by atoms with Gasteiger partial charge in [-0.2, -0.15) is 11.8 Å². The van der Waals surface area contributed by atoms with E-state index in [1.165, 1.54) is 5.38 Å².